The molecule has 0 radical (unpaired) electrons. The van der Waals surface area contributed by atoms with E-state index in [4.69, 9.17) is 4.74 Å². The second-order valence-corrected chi connectivity index (χ2v) is 3.52. The van der Waals surface area contributed by atoms with Crippen LogP contribution < -0.4 is 5.32 Å². The molecule has 0 aromatic heterocycles. The first kappa shape index (κ1) is 7.53. The molecule has 2 aliphatic rings. The van der Waals surface area contributed by atoms with Crippen LogP contribution in [0.3, 0.4) is 0 Å². The SMILES string of the molecule is OC1COCC1C1CCNC1. The van der Waals surface area contributed by atoms with Crippen molar-refractivity contribution in [3.63, 3.8) is 0 Å². The van der Waals surface area contributed by atoms with Gasteiger partial charge in [-0.05, 0) is 25.4 Å². The lowest BCUT2D eigenvalue weighted by Crippen LogP contribution is -2.27. The molecule has 2 saturated heterocycles. The molecule has 2 N–H and O–H groups in total. The lowest BCUT2D eigenvalue weighted by molar-refractivity contribution is 0.107. The molecule has 2 rings (SSSR count). The van der Waals surface area contributed by atoms with E-state index in [0.717, 1.165) is 19.7 Å². The maximum Gasteiger partial charge on any atom is 0.0826 e. The molecule has 3 nitrogen and oxygen atoms in total. The lowest BCUT2D eigenvalue weighted by atomic mass is 9.89. The van der Waals surface area contributed by atoms with Gasteiger partial charge in [0, 0.05) is 5.92 Å². The Hall–Kier alpha value is -0.120. The molecule has 0 aliphatic carbocycles. The largest absolute Gasteiger partial charge is 0.390 e. The average Bonchev–Trinajstić information content (AvgIpc) is 2.55. The standard InChI is InChI=1S/C8H15NO2/c10-8-5-11-4-7(8)6-1-2-9-3-6/h6-10H,1-5H2. The van der Waals surface area contributed by atoms with E-state index in [1.165, 1.54) is 6.42 Å². The summed E-state index contributed by atoms with van der Waals surface area (Å²) in [6.07, 6.45) is 0.991. The third-order valence-electron chi connectivity index (χ3n) is 2.80. The van der Waals surface area contributed by atoms with Crippen molar-refractivity contribution in [3.8, 4) is 0 Å². The fraction of sp³-hybridized carbons (Fsp3) is 1.00. The summed E-state index contributed by atoms with van der Waals surface area (Å²) in [6.45, 7) is 3.47. The van der Waals surface area contributed by atoms with Gasteiger partial charge in [0.1, 0.15) is 0 Å². The molecule has 0 aromatic rings. The molecular weight excluding hydrogens is 142 g/mol. The molecule has 3 heteroatoms. The quantitative estimate of drug-likeness (QED) is 0.544. The fourth-order valence-corrected chi connectivity index (χ4v) is 2.05. The zero-order chi connectivity index (χ0) is 7.68. The number of hydrogen-bond acceptors (Lipinski definition) is 3. The Kier molecular flexibility index (Phi) is 2.11. The molecule has 64 valence electrons. The minimum Gasteiger partial charge on any atom is -0.390 e. The highest BCUT2D eigenvalue weighted by Gasteiger charge is 2.34. The number of rotatable bonds is 1. The first-order valence-electron chi connectivity index (χ1n) is 4.34. The first-order chi connectivity index (χ1) is 5.38. The molecule has 0 spiro atoms. The summed E-state index contributed by atoms with van der Waals surface area (Å²) < 4.78 is 5.20. The van der Waals surface area contributed by atoms with Crippen LogP contribution in [-0.2, 0) is 4.74 Å². The normalized spacial score (nSPS) is 45.0. The average molecular weight is 157 g/mol. The van der Waals surface area contributed by atoms with Gasteiger partial charge in [0.25, 0.3) is 0 Å². The zero-order valence-electron chi connectivity index (χ0n) is 6.62. The van der Waals surface area contributed by atoms with E-state index in [1.807, 2.05) is 0 Å². The van der Waals surface area contributed by atoms with Gasteiger partial charge in [-0.2, -0.15) is 0 Å². The smallest absolute Gasteiger partial charge is 0.0826 e. The van der Waals surface area contributed by atoms with Crippen molar-refractivity contribution >= 4 is 0 Å². The van der Waals surface area contributed by atoms with Crippen LogP contribution in [0.4, 0.5) is 0 Å². The van der Waals surface area contributed by atoms with Crippen LogP contribution >= 0.6 is 0 Å². The van der Waals surface area contributed by atoms with E-state index < -0.39 is 0 Å². The van der Waals surface area contributed by atoms with Gasteiger partial charge in [-0.15, -0.1) is 0 Å². The second kappa shape index (κ2) is 3.09. The number of ether oxygens (including phenoxy) is 1. The molecule has 2 heterocycles. The highest BCUT2D eigenvalue weighted by Crippen LogP contribution is 2.26. The van der Waals surface area contributed by atoms with Gasteiger partial charge in [-0.3, -0.25) is 0 Å². The van der Waals surface area contributed by atoms with Gasteiger partial charge in [0.2, 0.25) is 0 Å². The van der Waals surface area contributed by atoms with Crippen LogP contribution in [0.5, 0.6) is 0 Å². The van der Waals surface area contributed by atoms with E-state index in [2.05, 4.69) is 5.32 Å². The predicted molar refractivity (Wildman–Crippen MR) is 41.3 cm³/mol. The molecule has 3 atom stereocenters. The minimum absolute atomic E-state index is 0.208. The number of nitrogens with one attached hydrogen (secondary N) is 1. The van der Waals surface area contributed by atoms with Crippen LogP contribution in [0.1, 0.15) is 6.42 Å². The molecular formula is C8H15NO2. The van der Waals surface area contributed by atoms with Gasteiger partial charge in [0.05, 0.1) is 19.3 Å². The van der Waals surface area contributed by atoms with Crippen LogP contribution in [0, 0.1) is 11.8 Å². The van der Waals surface area contributed by atoms with E-state index in [0.29, 0.717) is 18.4 Å². The first-order valence-corrected chi connectivity index (χ1v) is 4.34. The van der Waals surface area contributed by atoms with Crippen molar-refractivity contribution in [2.24, 2.45) is 11.8 Å². The maximum atomic E-state index is 9.50. The molecule has 0 amide bonds. The lowest BCUT2D eigenvalue weighted by Gasteiger charge is -2.18. The van der Waals surface area contributed by atoms with Crippen molar-refractivity contribution in [1.82, 2.24) is 5.32 Å². The van der Waals surface area contributed by atoms with Gasteiger partial charge in [0.15, 0.2) is 0 Å². The van der Waals surface area contributed by atoms with E-state index in [1.54, 1.807) is 0 Å². The Morgan fingerprint density at radius 3 is 2.82 bits per heavy atom. The molecule has 2 aliphatic heterocycles. The maximum absolute atomic E-state index is 9.50. The monoisotopic (exact) mass is 157 g/mol. The molecule has 0 bridgehead atoms. The summed E-state index contributed by atoms with van der Waals surface area (Å²) in [6, 6.07) is 0. The van der Waals surface area contributed by atoms with Gasteiger partial charge >= 0.3 is 0 Å². The van der Waals surface area contributed by atoms with Crippen LogP contribution in [0.15, 0.2) is 0 Å². The highest BCUT2D eigenvalue weighted by molar-refractivity contribution is 4.85. The van der Waals surface area contributed by atoms with E-state index in [9.17, 15) is 5.11 Å². The molecule has 0 aromatic carbocycles. The van der Waals surface area contributed by atoms with Crippen molar-refractivity contribution in [1.29, 1.82) is 0 Å². The summed E-state index contributed by atoms with van der Waals surface area (Å²) in [5, 5.41) is 12.8. The summed E-state index contributed by atoms with van der Waals surface area (Å²) in [5.74, 6) is 1.04. The number of hydrogen-bond donors (Lipinski definition) is 2. The predicted octanol–water partition coefficient (Wildman–Crippen LogP) is -0.397. The van der Waals surface area contributed by atoms with Crippen LogP contribution in [0.2, 0.25) is 0 Å². The van der Waals surface area contributed by atoms with Gasteiger partial charge < -0.3 is 15.2 Å². The molecule has 3 unspecified atom stereocenters. The highest BCUT2D eigenvalue weighted by atomic mass is 16.5. The Balaban J connectivity index is 1.92. The summed E-state index contributed by atoms with van der Waals surface area (Å²) in [7, 11) is 0. The van der Waals surface area contributed by atoms with Gasteiger partial charge in [-0.25, -0.2) is 0 Å². The summed E-state index contributed by atoms with van der Waals surface area (Å²) in [4.78, 5) is 0. The molecule has 11 heavy (non-hydrogen) atoms. The van der Waals surface area contributed by atoms with Crippen LogP contribution in [0.25, 0.3) is 0 Å². The van der Waals surface area contributed by atoms with E-state index in [-0.39, 0.29) is 6.10 Å². The fourth-order valence-electron chi connectivity index (χ4n) is 2.05. The van der Waals surface area contributed by atoms with Crippen molar-refractivity contribution in [2.45, 2.75) is 12.5 Å². The Morgan fingerprint density at radius 1 is 1.36 bits per heavy atom. The zero-order valence-corrected chi connectivity index (χ0v) is 6.62. The molecule has 0 saturated carbocycles. The Labute approximate surface area is 66.7 Å². The van der Waals surface area contributed by atoms with E-state index >= 15 is 0 Å². The van der Waals surface area contributed by atoms with Crippen LogP contribution in [-0.4, -0.2) is 37.5 Å². The van der Waals surface area contributed by atoms with Crippen molar-refractivity contribution in [2.75, 3.05) is 26.3 Å². The third kappa shape index (κ3) is 1.41. The summed E-state index contributed by atoms with van der Waals surface area (Å²) in [5.41, 5.74) is 0. The number of aliphatic hydroxyl groups is 1. The topological polar surface area (TPSA) is 41.5 Å². The minimum atomic E-state index is -0.208. The van der Waals surface area contributed by atoms with Crippen molar-refractivity contribution < 1.29 is 9.84 Å². The Bertz CT molecular complexity index is 134. The Morgan fingerprint density at radius 2 is 2.27 bits per heavy atom. The summed E-state index contributed by atoms with van der Waals surface area (Å²) >= 11 is 0. The number of aliphatic hydroxyl groups excluding tert-OH is 1. The second-order valence-electron chi connectivity index (χ2n) is 3.52. The van der Waals surface area contributed by atoms with Crippen molar-refractivity contribution in [3.05, 3.63) is 0 Å². The molecule has 2 fully saturated rings. The third-order valence-corrected chi connectivity index (χ3v) is 2.80. The van der Waals surface area contributed by atoms with Gasteiger partial charge in [-0.1, -0.05) is 0 Å².